The predicted octanol–water partition coefficient (Wildman–Crippen LogP) is 1.50. The molecule has 1 aromatic carbocycles. The summed E-state index contributed by atoms with van der Waals surface area (Å²) in [7, 11) is 0. The number of carbonyl (C=O) groups is 2. The molecule has 1 aromatic rings. The van der Waals surface area contributed by atoms with Gasteiger partial charge in [0, 0.05) is 5.56 Å². The lowest BCUT2D eigenvalue weighted by atomic mass is 9.89. The first-order chi connectivity index (χ1) is 7.84. The Morgan fingerprint density at radius 2 is 1.76 bits per heavy atom. The third kappa shape index (κ3) is 1.67. The summed E-state index contributed by atoms with van der Waals surface area (Å²) >= 11 is 0. The molecule has 0 saturated carbocycles. The highest BCUT2D eigenvalue weighted by molar-refractivity contribution is 6.07. The summed E-state index contributed by atoms with van der Waals surface area (Å²) in [5.41, 5.74) is 0.528. The highest BCUT2D eigenvalue weighted by Gasteiger charge is 2.45. The third-order valence-corrected chi connectivity index (χ3v) is 3.17. The van der Waals surface area contributed by atoms with Crippen LogP contribution in [0, 0.1) is 19.7 Å². The summed E-state index contributed by atoms with van der Waals surface area (Å²) in [6.07, 6.45) is 0. The first-order valence-electron chi connectivity index (χ1n) is 5.25. The molecular weight excluding hydrogens is 223 g/mol. The Hall–Kier alpha value is -1.91. The second kappa shape index (κ2) is 3.55. The monoisotopic (exact) mass is 236 g/mol. The van der Waals surface area contributed by atoms with Crippen molar-refractivity contribution in [1.29, 1.82) is 0 Å². The van der Waals surface area contributed by atoms with Gasteiger partial charge in [-0.25, -0.2) is 9.18 Å². The van der Waals surface area contributed by atoms with E-state index in [1.807, 2.05) is 6.92 Å². The van der Waals surface area contributed by atoms with E-state index >= 15 is 0 Å². The number of carbonyl (C=O) groups excluding carboxylic acids is 2. The van der Waals surface area contributed by atoms with E-state index in [1.165, 1.54) is 13.0 Å². The van der Waals surface area contributed by atoms with Gasteiger partial charge in [0.05, 0.1) is 0 Å². The van der Waals surface area contributed by atoms with Crippen LogP contribution in [-0.2, 0) is 10.3 Å². The smallest absolute Gasteiger partial charge is 0.319 e. The van der Waals surface area contributed by atoms with Crippen molar-refractivity contribution in [3.63, 3.8) is 0 Å². The predicted molar refractivity (Wildman–Crippen MR) is 59.9 cm³/mol. The van der Waals surface area contributed by atoms with Crippen molar-refractivity contribution in [2.75, 3.05) is 0 Å². The Bertz CT molecular complexity index is 527. The third-order valence-electron chi connectivity index (χ3n) is 3.17. The molecule has 90 valence electrons. The fraction of sp³-hybridized carbons (Fsp3) is 0.333. The van der Waals surface area contributed by atoms with Crippen molar-refractivity contribution in [3.05, 3.63) is 34.6 Å². The second-order valence-corrected chi connectivity index (χ2v) is 4.45. The fourth-order valence-corrected chi connectivity index (χ4v) is 1.90. The van der Waals surface area contributed by atoms with Crippen LogP contribution in [0.2, 0.25) is 0 Å². The number of imide groups is 1. The van der Waals surface area contributed by atoms with Crippen LogP contribution in [0.5, 0.6) is 0 Å². The van der Waals surface area contributed by atoms with E-state index in [2.05, 4.69) is 10.6 Å². The van der Waals surface area contributed by atoms with Crippen LogP contribution in [0.1, 0.15) is 23.6 Å². The number of nitrogens with one attached hydrogen (secondary N) is 2. The van der Waals surface area contributed by atoms with Crippen LogP contribution >= 0.6 is 0 Å². The molecule has 4 nitrogen and oxygen atoms in total. The topological polar surface area (TPSA) is 58.2 Å². The van der Waals surface area contributed by atoms with Gasteiger partial charge >= 0.3 is 6.03 Å². The van der Waals surface area contributed by atoms with Crippen molar-refractivity contribution < 1.29 is 14.0 Å². The zero-order valence-electron chi connectivity index (χ0n) is 9.85. The lowest BCUT2D eigenvalue weighted by molar-refractivity contribution is -0.123. The molecule has 0 spiro atoms. The number of amides is 3. The minimum atomic E-state index is -1.33. The Balaban J connectivity index is 2.58. The van der Waals surface area contributed by atoms with E-state index in [1.54, 1.807) is 13.0 Å². The molecule has 1 aliphatic rings. The molecule has 1 heterocycles. The summed E-state index contributed by atoms with van der Waals surface area (Å²) in [6.45, 7) is 5.11. The number of aryl methyl sites for hydroxylation is 2. The van der Waals surface area contributed by atoms with Gasteiger partial charge in [-0.15, -0.1) is 0 Å². The molecule has 2 rings (SSSR count). The molecule has 1 fully saturated rings. The average Bonchev–Trinajstić information content (AvgIpc) is 2.47. The molecular formula is C12H13FN2O2. The quantitative estimate of drug-likeness (QED) is 0.726. The van der Waals surface area contributed by atoms with E-state index in [-0.39, 0.29) is 5.56 Å². The molecule has 17 heavy (non-hydrogen) atoms. The van der Waals surface area contributed by atoms with Gasteiger partial charge < -0.3 is 5.32 Å². The SMILES string of the molecule is Cc1cc(F)c(C2(C)NC(=O)NC2=O)cc1C. The zero-order chi connectivity index (χ0) is 12.8. The molecule has 2 N–H and O–H groups in total. The minimum absolute atomic E-state index is 0.184. The number of halogens is 1. The molecule has 1 unspecified atom stereocenters. The maximum Gasteiger partial charge on any atom is 0.322 e. The van der Waals surface area contributed by atoms with Crippen LogP contribution in [0.3, 0.4) is 0 Å². The van der Waals surface area contributed by atoms with Crippen LogP contribution < -0.4 is 10.6 Å². The van der Waals surface area contributed by atoms with Crippen LogP contribution in [0.15, 0.2) is 12.1 Å². The number of urea groups is 1. The van der Waals surface area contributed by atoms with Gasteiger partial charge in [-0.1, -0.05) is 6.07 Å². The first-order valence-corrected chi connectivity index (χ1v) is 5.25. The molecule has 1 atom stereocenters. The maximum atomic E-state index is 13.9. The molecule has 3 amide bonds. The molecule has 1 aliphatic heterocycles. The van der Waals surface area contributed by atoms with Gasteiger partial charge in [-0.05, 0) is 38.0 Å². The van der Waals surface area contributed by atoms with Gasteiger partial charge in [0.1, 0.15) is 11.4 Å². The largest absolute Gasteiger partial charge is 0.322 e. The highest BCUT2D eigenvalue weighted by Crippen LogP contribution is 2.28. The number of hydrogen-bond donors (Lipinski definition) is 2. The Morgan fingerprint density at radius 1 is 1.18 bits per heavy atom. The Morgan fingerprint density at radius 3 is 2.29 bits per heavy atom. The summed E-state index contributed by atoms with van der Waals surface area (Å²) in [6, 6.07) is 2.36. The molecule has 0 aliphatic carbocycles. The summed E-state index contributed by atoms with van der Waals surface area (Å²) in [5, 5.41) is 4.56. The lowest BCUT2D eigenvalue weighted by Crippen LogP contribution is -2.41. The molecule has 0 radical (unpaired) electrons. The summed E-state index contributed by atoms with van der Waals surface area (Å²) < 4.78 is 13.9. The summed E-state index contributed by atoms with van der Waals surface area (Å²) in [5.74, 6) is -1.03. The number of benzene rings is 1. The van der Waals surface area contributed by atoms with E-state index in [4.69, 9.17) is 0 Å². The maximum absolute atomic E-state index is 13.9. The first kappa shape index (κ1) is 11.6. The van der Waals surface area contributed by atoms with Gasteiger partial charge in [-0.2, -0.15) is 0 Å². The normalized spacial score (nSPS) is 23.5. The molecule has 1 saturated heterocycles. The molecule has 0 aromatic heterocycles. The molecule has 0 bridgehead atoms. The van der Waals surface area contributed by atoms with Crippen LogP contribution in [0.25, 0.3) is 0 Å². The highest BCUT2D eigenvalue weighted by atomic mass is 19.1. The average molecular weight is 236 g/mol. The van der Waals surface area contributed by atoms with Crippen molar-refractivity contribution in [2.45, 2.75) is 26.3 Å². The van der Waals surface area contributed by atoms with Crippen LogP contribution in [0.4, 0.5) is 9.18 Å². The van der Waals surface area contributed by atoms with E-state index in [0.29, 0.717) is 0 Å². The van der Waals surface area contributed by atoms with Crippen molar-refractivity contribution >= 4 is 11.9 Å². The number of rotatable bonds is 1. The van der Waals surface area contributed by atoms with Crippen molar-refractivity contribution in [2.24, 2.45) is 0 Å². The van der Waals surface area contributed by atoms with Gasteiger partial charge in [0.2, 0.25) is 0 Å². The lowest BCUT2D eigenvalue weighted by Gasteiger charge is -2.22. The van der Waals surface area contributed by atoms with Gasteiger partial charge in [0.15, 0.2) is 0 Å². The van der Waals surface area contributed by atoms with E-state index in [9.17, 15) is 14.0 Å². The molecule has 5 heteroatoms. The number of hydrogen-bond acceptors (Lipinski definition) is 2. The van der Waals surface area contributed by atoms with E-state index in [0.717, 1.165) is 11.1 Å². The Labute approximate surface area is 98.2 Å². The fourth-order valence-electron chi connectivity index (χ4n) is 1.90. The van der Waals surface area contributed by atoms with Crippen LogP contribution in [-0.4, -0.2) is 11.9 Å². The van der Waals surface area contributed by atoms with E-state index < -0.39 is 23.3 Å². The summed E-state index contributed by atoms with van der Waals surface area (Å²) in [4.78, 5) is 22.8. The van der Waals surface area contributed by atoms with Crippen molar-refractivity contribution in [1.82, 2.24) is 10.6 Å². The Kier molecular flexibility index (Phi) is 2.41. The minimum Gasteiger partial charge on any atom is -0.319 e. The zero-order valence-corrected chi connectivity index (χ0v) is 9.85. The van der Waals surface area contributed by atoms with Gasteiger partial charge in [0.25, 0.3) is 5.91 Å². The van der Waals surface area contributed by atoms with Gasteiger partial charge in [-0.3, -0.25) is 10.1 Å². The second-order valence-electron chi connectivity index (χ2n) is 4.45. The van der Waals surface area contributed by atoms with Crippen molar-refractivity contribution in [3.8, 4) is 0 Å². The standard InChI is InChI=1S/C12H13FN2O2/c1-6-4-8(9(13)5-7(6)2)12(3)10(16)14-11(17)15-12/h4-5H,1-3H3,(H2,14,15,16,17).